The number of thiol groups is 1. The van der Waals surface area contributed by atoms with Gasteiger partial charge in [-0.25, -0.2) is 0 Å². The van der Waals surface area contributed by atoms with Crippen LogP contribution in [0.5, 0.6) is 0 Å². The molecule has 0 atom stereocenters. The van der Waals surface area contributed by atoms with Gasteiger partial charge in [0.05, 0.1) is 5.60 Å². The lowest BCUT2D eigenvalue weighted by atomic mass is 9.85. The molecule has 0 amide bonds. The molecule has 0 aromatic carbocycles. The van der Waals surface area contributed by atoms with E-state index < -0.39 is 0 Å². The zero-order chi connectivity index (χ0) is 12.8. The molecular weight excluding hydrogens is 217 g/mol. The second-order valence-corrected chi connectivity index (χ2v) is 6.19. The maximum absolute atomic E-state index is 5.87. The maximum Gasteiger partial charge on any atom is 0.306 e. The largest absolute Gasteiger partial charge is 0.429 e. The maximum atomic E-state index is 5.87. The van der Waals surface area contributed by atoms with Gasteiger partial charge in [0.2, 0.25) is 0 Å². The molecule has 0 unspecified atom stereocenters. The minimum Gasteiger partial charge on any atom is -0.429 e. The molecule has 0 radical (unpaired) electrons. The van der Waals surface area contributed by atoms with E-state index in [-0.39, 0.29) is 10.3 Å². The highest BCUT2D eigenvalue weighted by atomic mass is 32.1. The van der Waals surface area contributed by atoms with Crippen molar-refractivity contribution in [3.63, 3.8) is 0 Å². The Kier molecular flexibility index (Phi) is 6.42. The Hall–Kier alpha value is -0.215. The topological polar surface area (TPSA) is 21.6 Å². The van der Waals surface area contributed by atoms with Gasteiger partial charge in [-0.05, 0) is 41.0 Å². The summed E-state index contributed by atoms with van der Waals surface area (Å²) in [7, 11) is 0.595. The third kappa shape index (κ3) is 5.76. The molecule has 0 N–H and O–H groups in total. The lowest BCUT2D eigenvalue weighted by Crippen LogP contribution is -2.44. The van der Waals surface area contributed by atoms with Crippen molar-refractivity contribution < 1.29 is 4.65 Å². The third-order valence-electron chi connectivity index (χ3n) is 2.72. The summed E-state index contributed by atoms with van der Waals surface area (Å²) in [5.41, 5.74) is 0.856. The third-order valence-corrected chi connectivity index (χ3v) is 3.26. The van der Waals surface area contributed by atoms with Crippen molar-refractivity contribution in [2.45, 2.75) is 58.3 Å². The van der Waals surface area contributed by atoms with Crippen molar-refractivity contribution in [1.82, 2.24) is 0 Å². The first-order valence-corrected chi connectivity index (χ1v) is 6.19. The van der Waals surface area contributed by atoms with Gasteiger partial charge in [0.1, 0.15) is 0 Å². The molecule has 0 aromatic rings. The van der Waals surface area contributed by atoms with Gasteiger partial charge in [-0.2, -0.15) is 12.6 Å². The Morgan fingerprint density at radius 3 is 2.38 bits per heavy atom. The molecule has 16 heavy (non-hydrogen) atoms. The van der Waals surface area contributed by atoms with Crippen molar-refractivity contribution in [2.24, 2.45) is 4.99 Å². The van der Waals surface area contributed by atoms with Gasteiger partial charge >= 0.3 is 7.48 Å². The van der Waals surface area contributed by atoms with E-state index in [1.54, 1.807) is 0 Å². The summed E-state index contributed by atoms with van der Waals surface area (Å²) in [5, 5.41) is 0. The molecule has 4 heteroatoms. The van der Waals surface area contributed by atoms with Crippen molar-refractivity contribution in [3.05, 3.63) is 11.7 Å². The van der Waals surface area contributed by atoms with E-state index in [1.165, 1.54) is 0 Å². The van der Waals surface area contributed by atoms with E-state index in [1.807, 2.05) is 19.3 Å². The Labute approximate surface area is 106 Å². The van der Waals surface area contributed by atoms with Gasteiger partial charge in [0, 0.05) is 17.2 Å². The van der Waals surface area contributed by atoms with E-state index in [9.17, 15) is 0 Å². The smallest absolute Gasteiger partial charge is 0.306 e. The molecule has 0 aliphatic carbocycles. The molecule has 0 aliphatic rings. The predicted molar refractivity (Wildman–Crippen MR) is 77.9 cm³/mol. The van der Waals surface area contributed by atoms with Crippen LogP contribution in [0.1, 0.15) is 48.0 Å². The van der Waals surface area contributed by atoms with Crippen LogP contribution < -0.4 is 0 Å². The average molecular weight is 241 g/mol. The fraction of sp³-hybridized carbons (Fsp3) is 0.750. The van der Waals surface area contributed by atoms with Crippen LogP contribution in [0.4, 0.5) is 0 Å². The van der Waals surface area contributed by atoms with Gasteiger partial charge in [0.25, 0.3) is 0 Å². The summed E-state index contributed by atoms with van der Waals surface area (Å²) in [5.74, 6) is 0. The van der Waals surface area contributed by atoms with Crippen LogP contribution in [-0.2, 0) is 4.65 Å². The second kappa shape index (κ2) is 6.50. The normalized spacial score (nSPS) is 14.6. The first-order valence-electron chi connectivity index (χ1n) is 5.74. The second-order valence-electron chi connectivity index (χ2n) is 5.07. The zero-order valence-electron chi connectivity index (χ0n) is 11.4. The summed E-state index contributed by atoms with van der Waals surface area (Å²) < 4.78 is 5.70. The van der Waals surface area contributed by atoms with Gasteiger partial charge < -0.3 is 4.65 Å². The molecular formula is C12H24BNOS. The Balaban J connectivity index is 4.25. The highest BCUT2D eigenvalue weighted by Crippen LogP contribution is 2.30. The number of hydrogen-bond acceptors (Lipinski definition) is 3. The fourth-order valence-corrected chi connectivity index (χ4v) is 0.858. The lowest BCUT2D eigenvalue weighted by molar-refractivity contribution is 0.0844. The number of nitrogens with zero attached hydrogens (tertiary/aromatic N) is 1. The summed E-state index contributed by atoms with van der Waals surface area (Å²) in [4.78, 5) is 4.17. The molecule has 0 bridgehead atoms. The van der Waals surface area contributed by atoms with Crippen molar-refractivity contribution in [1.29, 1.82) is 0 Å². The van der Waals surface area contributed by atoms with Crippen molar-refractivity contribution in [3.8, 4) is 0 Å². The SMILES string of the molecule is CC/C=N\C=C(/C)BOC(C)(C)C(C)(C)S. The van der Waals surface area contributed by atoms with E-state index in [4.69, 9.17) is 4.65 Å². The van der Waals surface area contributed by atoms with Crippen LogP contribution in [0, 0.1) is 0 Å². The van der Waals surface area contributed by atoms with E-state index in [0.717, 1.165) is 11.9 Å². The molecule has 0 heterocycles. The molecule has 0 saturated heterocycles. The Morgan fingerprint density at radius 1 is 1.38 bits per heavy atom. The van der Waals surface area contributed by atoms with Gasteiger partial charge in [0.15, 0.2) is 0 Å². The molecule has 92 valence electrons. The van der Waals surface area contributed by atoms with Gasteiger partial charge in [-0.1, -0.05) is 12.4 Å². The molecule has 0 aliphatic heterocycles. The van der Waals surface area contributed by atoms with E-state index >= 15 is 0 Å². The number of hydrogen-bond donors (Lipinski definition) is 1. The first kappa shape index (κ1) is 15.8. The fourth-order valence-electron chi connectivity index (χ4n) is 0.793. The van der Waals surface area contributed by atoms with Crippen LogP contribution in [0.3, 0.4) is 0 Å². The highest BCUT2D eigenvalue weighted by molar-refractivity contribution is 7.81. The van der Waals surface area contributed by atoms with Crippen molar-refractivity contribution in [2.75, 3.05) is 0 Å². The molecule has 0 aromatic heterocycles. The standard InChI is InChI=1S/C12H24BNOS/c1-7-8-14-9-10(2)13-15-11(3,4)12(5,6)16/h8-9,13,16H,7H2,1-6H3/b10-9+,14-8-. The summed E-state index contributed by atoms with van der Waals surface area (Å²) >= 11 is 4.55. The monoisotopic (exact) mass is 241 g/mol. The molecule has 0 spiro atoms. The van der Waals surface area contributed by atoms with Crippen molar-refractivity contribution >= 4 is 26.3 Å². The molecule has 2 nitrogen and oxygen atoms in total. The minimum atomic E-state index is -0.264. The van der Waals surface area contributed by atoms with E-state index in [2.05, 4.69) is 52.2 Å². The number of allylic oxidation sites excluding steroid dienone is 1. The summed E-state index contributed by atoms with van der Waals surface area (Å²) in [6.07, 6.45) is 4.70. The predicted octanol–water partition coefficient (Wildman–Crippen LogP) is 3.18. The zero-order valence-corrected chi connectivity index (χ0v) is 12.3. The summed E-state index contributed by atoms with van der Waals surface area (Å²) in [6.45, 7) is 12.3. The first-order chi connectivity index (χ1) is 7.20. The number of rotatable bonds is 6. The number of aliphatic imine (C=N–C) groups is 1. The van der Waals surface area contributed by atoms with Crippen LogP contribution in [0.15, 0.2) is 16.7 Å². The molecule has 0 fully saturated rings. The summed E-state index contributed by atoms with van der Waals surface area (Å²) in [6, 6.07) is 0. The molecule has 0 rings (SSSR count). The van der Waals surface area contributed by atoms with Crippen LogP contribution in [0.2, 0.25) is 0 Å². The Bertz CT molecular complexity index is 267. The quantitative estimate of drug-likeness (QED) is 0.430. The average Bonchev–Trinajstić information content (AvgIpc) is 2.13. The van der Waals surface area contributed by atoms with Gasteiger partial charge in [-0.15, -0.1) is 0 Å². The highest BCUT2D eigenvalue weighted by Gasteiger charge is 2.34. The minimum absolute atomic E-state index is 0.167. The molecule has 0 saturated carbocycles. The Morgan fingerprint density at radius 2 is 1.94 bits per heavy atom. The van der Waals surface area contributed by atoms with Crippen LogP contribution in [0.25, 0.3) is 0 Å². The lowest BCUT2D eigenvalue weighted by Gasteiger charge is -2.38. The van der Waals surface area contributed by atoms with Gasteiger partial charge in [-0.3, -0.25) is 4.99 Å². The van der Waals surface area contributed by atoms with E-state index in [0.29, 0.717) is 7.48 Å². The van der Waals surface area contributed by atoms with Crippen LogP contribution in [-0.4, -0.2) is 24.0 Å². The van der Waals surface area contributed by atoms with Crippen LogP contribution >= 0.6 is 12.6 Å².